The minimum Gasteiger partial charge on any atom is -0.378 e. The third-order valence-electron chi connectivity index (χ3n) is 5.90. The monoisotopic (exact) mass is 410 g/mol. The molecule has 28 heavy (non-hydrogen) atoms. The lowest BCUT2D eigenvalue weighted by molar-refractivity contribution is -0.384. The van der Waals surface area contributed by atoms with Crippen molar-refractivity contribution in [1.29, 1.82) is 0 Å². The quantitative estimate of drug-likeness (QED) is 0.394. The molecule has 1 aliphatic carbocycles. The van der Waals surface area contributed by atoms with Crippen LogP contribution in [0.5, 0.6) is 0 Å². The van der Waals surface area contributed by atoms with E-state index < -0.39 is 0 Å². The van der Waals surface area contributed by atoms with E-state index in [2.05, 4.69) is 17.4 Å². The summed E-state index contributed by atoms with van der Waals surface area (Å²) in [5.41, 5.74) is 5.35. The lowest BCUT2D eigenvalue weighted by Gasteiger charge is -2.38. The average molecular weight is 411 g/mol. The van der Waals surface area contributed by atoms with Crippen molar-refractivity contribution >= 4 is 34.6 Å². The van der Waals surface area contributed by atoms with Crippen molar-refractivity contribution < 1.29 is 4.92 Å². The van der Waals surface area contributed by atoms with Gasteiger partial charge in [0, 0.05) is 39.3 Å². The predicted molar refractivity (Wildman–Crippen MR) is 111 cm³/mol. The molecule has 0 saturated carbocycles. The molecule has 0 fully saturated rings. The third kappa shape index (κ3) is 2.60. The van der Waals surface area contributed by atoms with Gasteiger partial charge >= 0.3 is 0 Å². The van der Waals surface area contributed by atoms with E-state index in [1.54, 1.807) is 12.1 Å². The van der Waals surface area contributed by atoms with Crippen LogP contribution in [-0.4, -0.2) is 4.92 Å². The number of hydrogen-bond acceptors (Lipinski definition) is 3. The summed E-state index contributed by atoms with van der Waals surface area (Å²) in [6, 6.07) is 18.8. The van der Waals surface area contributed by atoms with Gasteiger partial charge in [-0.25, -0.2) is 0 Å². The first kappa shape index (κ1) is 17.5. The maximum absolute atomic E-state index is 11.3. The molecule has 6 heteroatoms. The maximum atomic E-state index is 11.3. The molecule has 4 nitrogen and oxygen atoms in total. The Kier molecular flexibility index (Phi) is 4.07. The fourth-order valence-electron chi connectivity index (χ4n) is 4.76. The van der Waals surface area contributed by atoms with Crippen LogP contribution < -0.4 is 5.32 Å². The Bertz CT molecular complexity index is 1100. The number of halogens is 2. The molecule has 140 valence electrons. The Balaban J connectivity index is 1.72. The van der Waals surface area contributed by atoms with Gasteiger partial charge in [0.05, 0.1) is 11.0 Å². The van der Waals surface area contributed by atoms with Crippen LogP contribution in [0, 0.1) is 16.0 Å². The Morgan fingerprint density at radius 1 is 0.964 bits per heavy atom. The minimum atomic E-state index is -0.340. The Morgan fingerprint density at radius 2 is 1.71 bits per heavy atom. The van der Waals surface area contributed by atoms with E-state index in [1.807, 2.05) is 30.3 Å². The highest BCUT2D eigenvalue weighted by Gasteiger charge is 2.44. The van der Waals surface area contributed by atoms with E-state index in [9.17, 15) is 10.1 Å². The highest BCUT2D eigenvalue weighted by atomic mass is 35.5. The predicted octanol–water partition coefficient (Wildman–Crippen LogP) is 6.37. The molecule has 5 rings (SSSR count). The van der Waals surface area contributed by atoms with Crippen LogP contribution in [0.3, 0.4) is 0 Å². The molecule has 1 heterocycles. The highest BCUT2D eigenvalue weighted by Crippen LogP contribution is 2.55. The minimum absolute atomic E-state index is 0.0599. The normalized spacial score (nSPS) is 22.0. The molecule has 2 aliphatic rings. The van der Waals surface area contributed by atoms with E-state index in [-0.39, 0.29) is 28.5 Å². The third-order valence-corrected chi connectivity index (χ3v) is 6.56. The second-order valence-corrected chi connectivity index (χ2v) is 8.14. The van der Waals surface area contributed by atoms with Crippen LogP contribution in [0.2, 0.25) is 10.0 Å². The maximum Gasteiger partial charge on any atom is 0.269 e. The molecular weight excluding hydrogens is 395 g/mol. The summed E-state index contributed by atoms with van der Waals surface area (Å²) in [4.78, 5) is 11.0. The van der Waals surface area contributed by atoms with Gasteiger partial charge in [0.25, 0.3) is 5.69 Å². The lowest BCUT2D eigenvalue weighted by Crippen LogP contribution is -2.30. The fourth-order valence-corrected chi connectivity index (χ4v) is 5.39. The van der Waals surface area contributed by atoms with Crippen LogP contribution in [0.25, 0.3) is 0 Å². The summed E-state index contributed by atoms with van der Waals surface area (Å²) < 4.78 is 0. The summed E-state index contributed by atoms with van der Waals surface area (Å²) in [5.74, 6) is 0.231. The molecule has 0 bridgehead atoms. The molecule has 3 atom stereocenters. The van der Waals surface area contributed by atoms with Crippen LogP contribution in [0.4, 0.5) is 11.4 Å². The summed E-state index contributed by atoms with van der Waals surface area (Å²) in [6.07, 6.45) is 0.863. The number of non-ortho nitro benzene ring substituents is 1. The number of hydrogen-bond donors (Lipinski definition) is 1. The van der Waals surface area contributed by atoms with E-state index in [4.69, 9.17) is 23.2 Å². The topological polar surface area (TPSA) is 55.2 Å². The second-order valence-electron chi connectivity index (χ2n) is 7.33. The highest BCUT2D eigenvalue weighted by molar-refractivity contribution is 6.36. The fraction of sp³-hybridized carbons (Fsp3) is 0.182. The lowest BCUT2D eigenvalue weighted by atomic mass is 9.75. The van der Waals surface area contributed by atoms with E-state index >= 15 is 0 Å². The van der Waals surface area contributed by atoms with Crippen LogP contribution in [0.1, 0.15) is 34.2 Å². The molecule has 0 radical (unpaired) electrons. The molecule has 0 aromatic heterocycles. The average Bonchev–Trinajstić information content (AvgIpc) is 3.07. The number of nitro benzene ring substituents is 1. The number of nitro groups is 1. The van der Waals surface area contributed by atoms with Crippen molar-refractivity contribution in [3.8, 4) is 0 Å². The van der Waals surface area contributed by atoms with E-state index in [0.29, 0.717) is 10.0 Å². The summed E-state index contributed by atoms with van der Waals surface area (Å²) in [7, 11) is 0. The zero-order valence-electron chi connectivity index (χ0n) is 14.7. The van der Waals surface area contributed by atoms with Crippen molar-refractivity contribution in [2.45, 2.75) is 18.4 Å². The van der Waals surface area contributed by atoms with Gasteiger partial charge < -0.3 is 5.32 Å². The molecule has 0 saturated heterocycles. The second kappa shape index (κ2) is 6.50. The summed E-state index contributed by atoms with van der Waals surface area (Å²) in [6.45, 7) is 0. The summed E-state index contributed by atoms with van der Waals surface area (Å²) >= 11 is 13.1. The molecule has 0 unspecified atom stereocenters. The first-order valence-electron chi connectivity index (χ1n) is 9.11. The van der Waals surface area contributed by atoms with Crippen molar-refractivity contribution in [2.75, 3.05) is 5.32 Å². The Morgan fingerprint density at radius 3 is 2.46 bits per heavy atom. The summed E-state index contributed by atoms with van der Waals surface area (Å²) in [5, 5.41) is 16.2. The number of fused-ring (bicyclic) bond motifs is 5. The Hall–Kier alpha value is -2.56. The smallest absolute Gasteiger partial charge is 0.269 e. The SMILES string of the molecule is O=[N+]([O-])c1ccc2c(c1)[C@@H]1c3ccccc3C[C@H]1[C@H](c1c(Cl)cccc1Cl)N2. The zero-order valence-corrected chi connectivity index (χ0v) is 16.2. The molecule has 1 aliphatic heterocycles. The molecule has 3 aromatic carbocycles. The van der Waals surface area contributed by atoms with Gasteiger partial charge in [0.2, 0.25) is 0 Å². The van der Waals surface area contributed by atoms with E-state index in [0.717, 1.165) is 23.2 Å². The number of nitrogens with zero attached hydrogens (tertiary/aromatic N) is 1. The number of benzene rings is 3. The van der Waals surface area contributed by atoms with E-state index in [1.165, 1.54) is 17.2 Å². The van der Waals surface area contributed by atoms with Gasteiger partial charge in [-0.3, -0.25) is 10.1 Å². The standard InChI is InChI=1S/C22H16Cl2N2O2/c23-17-6-3-7-18(24)21(17)22-16-10-12-4-1-2-5-14(12)20(16)15-11-13(26(27)28)8-9-19(15)25-22/h1-9,11,16,20,22,25H,10H2/t16-,20+,22-/m1/s1. The number of rotatable bonds is 2. The first-order valence-corrected chi connectivity index (χ1v) is 9.87. The van der Waals surface area contributed by atoms with Crippen molar-refractivity contribution in [3.05, 3.63) is 103 Å². The molecule has 1 N–H and O–H groups in total. The van der Waals surface area contributed by atoms with Crippen molar-refractivity contribution in [2.24, 2.45) is 5.92 Å². The van der Waals surface area contributed by atoms with Crippen molar-refractivity contribution in [3.63, 3.8) is 0 Å². The number of nitrogens with one attached hydrogen (secondary N) is 1. The molecule has 0 amide bonds. The van der Waals surface area contributed by atoms with Crippen LogP contribution in [-0.2, 0) is 6.42 Å². The largest absolute Gasteiger partial charge is 0.378 e. The molecule has 3 aromatic rings. The van der Waals surface area contributed by atoms with Crippen LogP contribution >= 0.6 is 23.2 Å². The van der Waals surface area contributed by atoms with Gasteiger partial charge in [0.15, 0.2) is 0 Å². The van der Waals surface area contributed by atoms with Gasteiger partial charge in [-0.2, -0.15) is 0 Å². The van der Waals surface area contributed by atoms with Crippen LogP contribution in [0.15, 0.2) is 60.7 Å². The Labute approximate surface area is 172 Å². The van der Waals surface area contributed by atoms with Crippen molar-refractivity contribution in [1.82, 2.24) is 0 Å². The zero-order chi connectivity index (χ0) is 19.4. The molecular formula is C22H16Cl2N2O2. The number of anilines is 1. The van der Waals surface area contributed by atoms with Gasteiger partial charge in [-0.1, -0.05) is 53.5 Å². The molecule has 0 spiro atoms. The first-order chi connectivity index (χ1) is 13.5. The van der Waals surface area contributed by atoms with Gasteiger partial charge in [0.1, 0.15) is 0 Å². The van der Waals surface area contributed by atoms with Gasteiger partial charge in [-0.15, -0.1) is 0 Å². The van der Waals surface area contributed by atoms with Gasteiger partial charge in [-0.05, 0) is 47.2 Å².